The van der Waals surface area contributed by atoms with Gasteiger partial charge in [-0.05, 0) is 49.0 Å². The molecule has 18 heavy (non-hydrogen) atoms. The minimum Gasteiger partial charge on any atom is -0.298 e. The van der Waals surface area contributed by atoms with E-state index in [-0.39, 0.29) is 5.78 Å². The third kappa shape index (κ3) is 3.20. The average molecular weight is 331 g/mol. The third-order valence-corrected chi connectivity index (χ3v) is 5.32. The summed E-state index contributed by atoms with van der Waals surface area (Å²) in [5, 5.41) is 0. The molecule has 1 aliphatic heterocycles. The molecule has 0 aliphatic carbocycles. The predicted octanol–water partition coefficient (Wildman–Crippen LogP) is 2.72. The monoisotopic (exact) mass is 330 g/mol. The first kappa shape index (κ1) is 14.2. The Balaban J connectivity index is 1.96. The van der Waals surface area contributed by atoms with Crippen LogP contribution in [0.15, 0.2) is 15.9 Å². The number of nitrogens with zero attached hydrogens (tertiary/aromatic N) is 2. The summed E-state index contributed by atoms with van der Waals surface area (Å²) in [4.78, 5) is 17.7. The van der Waals surface area contributed by atoms with Crippen molar-refractivity contribution >= 4 is 33.0 Å². The molecular weight excluding hydrogens is 312 g/mol. The molecule has 0 saturated carbocycles. The maximum atomic E-state index is 12.2. The van der Waals surface area contributed by atoms with Gasteiger partial charge in [-0.1, -0.05) is 0 Å². The van der Waals surface area contributed by atoms with Crippen LogP contribution in [0.5, 0.6) is 0 Å². The molecule has 1 aliphatic rings. The summed E-state index contributed by atoms with van der Waals surface area (Å²) in [7, 11) is 2.16. The van der Waals surface area contributed by atoms with Crippen LogP contribution in [0.2, 0.25) is 0 Å². The first-order valence-corrected chi connectivity index (χ1v) is 7.81. The van der Waals surface area contributed by atoms with E-state index >= 15 is 0 Å². The standard InChI is InChI=1S/C13H19BrN2OS/c1-9-6-16(7-10(2)15(9)3)8-11(17)12-4-5-13(14)18-12/h4-5,9-10H,6-8H2,1-3H3. The molecule has 100 valence electrons. The number of likely N-dealkylation sites (N-methyl/N-ethyl adjacent to an activating group) is 1. The van der Waals surface area contributed by atoms with Gasteiger partial charge >= 0.3 is 0 Å². The minimum absolute atomic E-state index is 0.231. The highest BCUT2D eigenvalue weighted by Gasteiger charge is 2.27. The van der Waals surface area contributed by atoms with Gasteiger partial charge in [-0.3, -0.25) is 14.6 Å². The summed E-state index contributed by atoms with van der Waals surface area (Å²) in [6.07, 6.45) is 0. The summed E-state index contributed by atoms with van der Waals surface area (Å²) in [5.74, 6) is 0.231. The van der Waals surface area contributed by atoms with Crippen LogP contribution in [0, 0.1) is 0 Å². The van der Waals surface area contributed by atoms with Gasteiger partial charge in [0.1, 0.15) is 0 Å². The van der Waals surface area contributed by atoms with Crippen molar-refractivity contribution in [3.8, 4) is 0 Å². The van der Waals surface area contributed by atoms with Crippen molar-refractivity contribution in [2.45, 2.75) is 25.9 Å². The maximum absolute atomic E-state index is 12.2. The van der Waals surface area contributed by atoms with Crippen molar-refractivity contribution < 1.29 is 4.79 Å². The highest BCUT2D eigenvalue weighted by molar-refractivity contribution is 9.11. The van der Waals surface area contributed by atoms with Crippen LogP contribution in [0.25, 0.3) is 0 Å². The van der Waals surface area contributed by atoms with Crippen molar-refractivity contribution in [3.05, 3.63) is 20.8 Å². The van der Waals surface area contributed by atoms with Gasteiger partial charge in [0.2, 0.25) is 0 Å². The first-order valence-electron chi connectivity index (χ1n) is 6.20. The number of hydrogen-bond donors (Lipinski definition) is 0. The average Bonchev–Trinajstić information content (AvgIpc) is 2.72. The maximum Gasteiger partial charge on any atom is 0.186 e. The molecule has 2 atom stereocenters. The fraction of sp³-hybridized carbons (Fsp3) is 0.615. The van der Waals surface area contributed by atoms with Gasteiger partial charge in [0.25, 0.3) is 0 Å². The lowest BCUT2D eigenvalue weighted by molar-refractivity contribution is 0.0551. The molecule has 0 radical (unpaired) electrons. The van der Waals surface area contributed by atoms with Crippen LogP contribution in [0.4, 0.5) is 0 Å². The van der Waals surface area contributed by atoms with E-state index in [4.69, 9.17) is 0 Å². The number of carbonyl (C=O) groups is 1. The van der Waals surface area contributed by atoms with E-state index < -0.39 is 0 Å². The van der Waals surface area contributed by atoms with Crippen LogP contribution in [0.3, 0.4) is 0 Å². The van der Waals surface area contributed by atoms with Crippen molar-refractivity contribution in [2.75, 3.05) is 26.7 Å². The quantitative estimate of drug-likeness (QED) is 0.796. The lowest BCUT2D eigenvalue weighted by Gasteiger charge is -2.42. The number of hydrogen-bond acceptors (Lipinski definition) is 4. The summed E-state index contributed by atoms with van der Waals surface area (Å²) in [6.45, 7) is 6.91. The molecule has 1 fully saturated rings. The van der Waals surface area contributed by atoms with Crippen LogP contribution in [-0.2, 0) is 0 Å². The molecule has 2 rings (SSSR count). The Morgan fingerprint density at radius 3 is 2.50 bits per heavy atom. The third-order valence-electron chi connectivity index (χ3n) is 3.65. The summed E-state index contributed by atoms with van der Waals surface area (Å²) in [5.41, 5.74) is 0. The minimum atomic E-state index is 0.231. The fourth-order valence-corrected chi connectivity index (χ4v) is 3.70. The number of ketones is 1. The highest BCUT2D eigenvalue weighted by Crippen LogP contribution is 2.23. The zero-order chi connectivity index (χ0) is 13.3. The number of rotatable bonds is 3. The molecule has 0 bridgehead atoms. The number of Topliss-reactive ketones (excluding diaryl/α,β-unsaturated/α-hetero) is 1. The largest absolute Gasteiger partial charge is 0.298 e. The first-order chi connectivity index (χ1) is 8.47. The van der Waals surface area contributed by atoms with Gasteiger partial charge in [-0.15, -0.1) is 11.3 Å². The fourth-order valence-electron chi connectivity index (χ4n) is 2.39. The SMILES string of the molecule is CC1CN(CC(=O)c2ccc(Br)s2)CC(C)N1C. The van der Waals surface area contributed by atoms with E-state index in [1.54, 1.807) is 0 Å². The normalized spacial score (nSPS) is 26.4. The van der Waals surface area contributed by atoms with Gasteiger partial charge in [-0.2, -0.15) is 0 Å². The van der Waals surface area contributed by atoms with Crippen LogP contribution < -0.4 is 0 Å². The molecule has 0 spiro atoms. The Morgan fingerprint density at radius 2 is 2.00 bits per heavy atom. The topological polar surface area (TPSA) is 23.6 Å². The number of thiophene rings is 1. The smallest absolute Gasteiger partial charge is 0.186 e. The molecule has 1 saturated heterocycles. The Morgan fingerprint density at radius 1 is 1.39 bits per heavy atom. The van der Waals surface area contributed by atoms with Gasteiger partial charge in [0.05, 0.1) is 15.2 Å². The lowest BCUT2D eigenvalue weighted by atomic mass is 10.1. The van der Waals surface area contributed by atoms with Gasteiger partial charge in [0, 0.05) is 25.2 Å². The molecule has 0 N–H and O–H groups in total. The Hall–Kier alpha value is -0.230. The van der Waals surface area contributed by atoms with Gasteiger partial charge < -0.3 is 0 Å². The molecule has 5 heteroatoms. The predicted molar refractivity (Wildman–Crippen MR) is 79.5 cm³/mol. The van der Waals surface area contributed by atoms with Gasteiger partial charge in [-0.25, -0.2) is 0 Å². The summed E-state index contributed by atoms with van der Waals surface area (Å²) >= 11 is 4.92. The highest BCUT2D eigenvalue weighted by atomic mass is 79.9. The second-order valence-electron chi connectivity index (χ2n) is 5.08. The molecular formula is C13H19BrN2OS. The van der Waals surface area contributed by atoms with E-state index in [9.17, 15) is 4.79 Å². The van der Waals surface area contributed by atoms with Crippen molar-refractivity contribution in [1.29, 1.82) is 0 Å². The molecule has 2 unspecified atom stereocenters. The lowest BCUT2D eigenvalue weighted by Crippen LogP contribution is -2.55. The van der Waals surface area contributed by atoms with E-state index in [0.29, 0.717) is 18.6 Å². The zero-order valence-electron chi connectivity index (χ0n) is 11.0. The van der Waals surface area contributed by atoms with Crippen LogP contribution in [-0.4, -0.2) is 54.3 Å². The Labute approximate surface area is 121 Å². The van der Waals surface area contributed by atoms with Crippen molar-refractivity contribution in [2.24, 2.45) is 0 Å². The molecule has 1 aromatic heterocycles. The van der Waals surface area contributed by atoms with Gasteiger partial charge in [0.15, 0.2) is 5.78 Å². The second-order valence-corrected chi connectivity index (χ2v) is 7.55. The number of halogens is 1. The molecule has 1 aromatic rings. The van der Waals surface area contributed by atoms with Crippen molar-refractivity contribution in [3.63, 3.8) is 0 Å². The van der Waals surface area contributed by atoms with E-state index in [2.05, 4.69) is 46.6 Å². The second kappa shape index (κ2) is 5.82. The van der Waals surface area contributed by atoms with Crippen molar-refractivity contribution in [1.82, 2.24) is 9.80 Å². The Bertz CT molecular complexity index is 422. The number of piperazine rings is 1. The number of carbonyl (C=O) groups excluding carboxylic acids is 1. The van der Waals surface area contributed by atoms with E-state index in [1.165, 1.54) is 11.3 Å². The summed E-state index contributed by atoms with van der Waals surface area (Å²) < 4.78 is 1.02. The van der Waals surface area contributed by atoms with Crippen LogP contribution in [0.1, 0.15) is 23.5 Å². The molecule has 2 heterocycles. The van der Waals surface area contributed by atoms with E-state index in [1.807, 2.05) is 12.1 Å². The molecule has 0 aromatic carbocycles. The van der Waals surface area contributed by atoms with E-state index in [0.717, 1.165) is 21.8 Å². The summed E-state index contributed by atoms with van der Waals surface area (Å²) in [6, 6.07) is 4.86. The Kier molecular flexibility index (Phi) is 4.59. The van der Waals surface area contributed by atoms with Crippen LogP contribution >= 0.6 is 27.3 Å². The molecule has 3 nitrogen and oxygen atoms in total. The zero-order valence-corrected chi connectivity index (χ0v) is 13.4. The molecule has 0 amide bonds.